The summed E-state index contributed by atoms with van der Waals surface area (Å²) in [6, 6.07) is 12.6. The second kappa shape index (κ2) is 9.07. The van der Waals surface area contributed by atoms with Crippen LogP contribution >= 0.6 is 0 Å². The van der Waals surface area contributed by atoms with E-state index >= 15 is 0 Å². The summed E-state index contributed by atoms with van der Waals surface area (Å²) in [6.45, 7) is 5.31. The Bertz CT molecular complexity index is 950. The molecule has 1 aromatic heterocycles. The van der Waals surface area contributed by atoms with Crippen LogP contribution in [0.1, 0.15) is 81.9 Å². The molecule has 2 heterocycles. The Labute approximate surface area is 179 Å². The van der Waals surface area contributed by atoms with Gasteiger partial charge in [0, 0.05) is 12.6 Å². The first-order valence-electron chi connectivity index (χ1n) is 11.5. The lowest BCUT2D eigenvalue weighted by atomic mass is 9.79. The van der Waals surface area contributed by atoms with Crippen LogP contribution in [-0.4, -0.2) is 28.0 Å². The number of pyridine rings is 1. The molecule has 2 N–H and O–H groups in total. The second-order valence-electron chi connectivity index (χ2n) is 8.78. The van der Waals surface area contributed by atoms with E-state index in [-0.39, 0.29) is 6.10 Å². The summed E-state index contributed by atoms with van der Waals surface area (Å²) in [5, 5.41) is 17.0. The van der Waals surface area contributed by atoms with E-state index in [4.69, 9.17) is 15.6 Å². The van der Waals surface area contributed by atoms with Gasteiger partial charge in [-0.15, -0.1) is 0 Å². The van der Waals surface area contributed by atoms with Crippen molar-refractivity contribution >= 4 is 5.96 Å². The van der Waals surface area contributed by atoms with E-state index in [1.54, 1.807) is 10.6 Å². The zero-order chi connectivity index (χ0) is 21.1. The Hall–Kier alpha value is -2.56. The van der Waals surface area contributed by atoms with Crippen molar-refractivity contribution in [2.45, 2.75) is 76.9 Å². The zero-order valence-corrected chi connectivity index (χ0v) is 18.2. The lowest BCUT2D eigenvalue weighted by molar-refractivity contribution is 0.174. The Morgan fingerprint density at radius 3 is 2.63 bits per heavy atom. The molecule has 4 rings (SSSR count). The molecule has 0 spiro atoms. The van der Waals surface area contributed by atoms with Gasteiger partial charge in [0.1, 0.15) is 17.3 Å². The van der Waals surface area contributed by atoms with Crippen LogP contribution in [0.4, 0.5) is 0 Å². The Balaban J connectivity index is 1.57. The number of benzene rings is 1. The molecule has 1 fully saturated rings. The summed E-state index contributed by atoms with van der Waals surface area (Å²) in [5.74, 6) is 1.74. The van der Waals surface area contributed by atoms with Crippen LogP contribution < -0.4 is 10.2 Å². The number of hydrogen-bond donors (Lipinski definition) is 2. The number of nitrogens with one attached hydrogen (secondary N) is 2. The molecule has 0 saturated carbocycles. The van der Waals surface area contributed by atoms with Gasteiger partial charge in [-0.2, -0.15) is 0 Å². The van der Waals surface area contributed by atoms with Crippen molar-refractivity contribution in [1.29, 1.82) is 10.8 Å². The largest absolute Gasteiger partial charge is 0.484 e. The Morgan fingerprint density at radius 2 is 1.87 bits per heavy atom. The monoisotopic (exact) mass is 406 g/mol. The average Bonchev–Trinajstić information content (AvgIpc) is 2.77. The summed E-state index contributed by atoms with van der Waals surface area (Å²) in [5.41, 5.74) is 3.04. The third-order valence-corrected chi connectivity index (χ3v) is 6.70. The highest BCUT2D eigenvalue weighted by molar-refractivity contribution is 5.79. The molecule has 1 aliphatic heterocycles. The van der Waals surface area contributed by atoms with Gasteiger partial charge in [0.15, 0.2) is 0 Å². The molecule has 1 aliphatic carbocycles. The number of nitrogens with zero attached hydrogens (tertiary/aromatic N) is 2. The summed E-state index contributed by atoms with van der Waals surface area (Å²) in [4.78, 5) is 2.11. The summed E-state index contributed by atoms with van der Waals surface area (Å²) >= 11 is 0. The van der Waals surface area contributed by atoms with E-state index < -0.39 is 0 Å². The molecule has 2 aliphatic rings. The number of rotatable bonds is 4. The van der Waals surface area contributed by atoms with Gasteiger partial charge in [0.05, 0.1) is 6.20 Å². The number of ether oxygens (including phenoxy) is 1. The van der Waals surface area contributed by atoms with E-state index in [1.165, 1.54) is 30.4 Å². The molecule has 0 unspecified atom stereocenters. The van der Waals surface area contributed by atoms with E-state index in [9.17, 15) is 0 Å². The first-order valence-corrected chi connectivity index (χ1v) is 11.5. The summed E-state index contributed by atoms with van der Waals surface area (Å²) in [6.07, 6.45) is 9.85. The van der Waals surface area contributed by atoms with Crippen LogP contribution in [0.5, 0.6) is 5.75 Å². The highest BCUT2D eigenvalue weighted by atomic mass is 16.5. The molecule has 160 valence electrons. The minimum absolute atomic E-state index is 0.0300. The van der Waals surface area contributed by atoms with Gasteiger partial charge in [0.25, 0.3) is 0 Å². The van der Waals surface area contributed by atoms with Crippen LogP contribution in [-0.2, 0) is 0 Å². The van der Waals surface area contributed by atoms with Gasteiger partial charge in [-0.25, -0.2) is 0 Å². The van der Waals surface area contributed by atoms with Gasteiger partial charge >= 0.3 is 0 Å². The molecular weight excluding hydrogens is 372 g/mol. The Kier molecular flexibility index (Phi) is 6.26. The molecule has 0 bridgehead atoms. The fraction of sp³-hybridized carbons (Fsp3) is 0.520. The zero-order valence-electron chi connectivity index (χ0n) is 18.2. The predicted molar refractivity (Wildman–Crippen MR) is 120 cm³/mol. The molecule has 1 aromatic carbocycles. The van der Waals surface area contributed by atoms with Crippen LogP contribution in [0, 0.1) is 10.8 Å². The normalized spacial score (nSPS) is 23.7. The van der Waals surface area contributed by atoms with Crippen molar-refractivity contribution in [3.8, 4) is 5.75 Å². The smallest absolute Gasteiger partial charge is 0.204 e. The van der Waals surface area contributed by atoms with Crippen molar-refractivity contribution in [3.63, 3.8) is 0 Å². The molecule has 5 nitrogen and oxygen atoms in total. The maximum absolute atomic E-state index is 8.71. The Morgan fingerprint density at radius 1 is 1.07 bits per heavy atom. The van der Waals surface area contributed by atoms with E-state index in [1.807, 2.05) is 12.3 Å². The van der Waals surface area contributed by atoms with E-state index in [0.717, 1.165) is 38.0 Å². The number of likely N-dealkylation sites (tertiary alicyclic amines) is 1. The van der Waals surface area contributed by atoms with Gasteiger partial charge in [-0.1, -0.05) is 37.6 Å². The maximum atomic E-state index is 8.71. The highest BCUT2D eigenvalue weighted by Gasteiger charge is 2.28. The highest BCUT2D eigenvalue weighted by Crippen LogP contribution is 2.41. The fourth-order valence-corrected chi connectivity index (χ4v) is 5.05. The lowest BCUT2D eigenvalue weighted by Gasteiger charge is -2.36. The van der Waals surface area contributed by atoms with Crippen molar-refractivity contribution in [2.75, 3.05) is 6.54 Å². The average molecular weight is 407 g/mol. The molecular formula is C25H34N4O. The number of aromatic nitrogens is 1. The summed E-state index contributed by atoms with van der Waals surface area (Å²) < 4.78 is 8.11. The number of fused-ring (bicyclic) bond motifs is 1. The van der Waals surface area contributed by atoms with Gasteiger partial charge < -0.3 is 9.64 Å². The summed E-state index contributed by atoms with van der Waals surface area (Å²) in [7, 11) is 0. The molecule has 0 amide bonds. The van der Waals surface area contributed by atoms with Gasteiger partial charge in [0.2, 0.25) is 5.96 Å². The predicted octanol–water partition coefficient (Wildman–Crippen LogP) is 5.42. The topological polar surface area (TPSA) is 65.1 Å². The van der Waals surface area contributed by atoms with E-state index in [2.05, 4.69) is 43.0 Å². The lowest BCUT2D eigenvalue weighted by Crippen LogP contribution is -2.47. The second-order valence-corrected chi connectivity index (χ2v) is 8.78. The molecule has 1 saturated heterocycles. The molecule has 3 atom stereocenters. The minimum Gasteiger partial charge on any atom is -0.484 e. The van der Waals surface area contributed by atoms with E-state index in [0.29, 0.717) is 23.4 Å². The van der Waals surface area contributed by atoms with Gasteiger partial charge in [-0.3, -0.25) is 15.4 Å². The minimum atomic E-state index is 0.0300. The van der Waals surface area contributed by atoms with Crippen LogP contribution in [0.25, 0.3) is 0 Å². The van der Waals surface area contributed by atoms with Crippen molar-refractivity contribution in [3.05, 3.63) is 59.2 Å². The number of hydrogen-bond acceptors (Lipinski definition) is 3. The first kappa shape index (κ1) is 20.7. The van der Waals surface area contributed by atoms with Crippen LogP contribution in [0.2, 0.25) is 0 Å². The molecule has 0 radical (unpaired) electrons. The van der Waals surface area contributed by atoms with Crippen molar-refractivity contribution < 1.29 is 4.74 Å². The SMILES string of the molecule is CCC[C@H]1CC[C@@H](Oc2ccc(=N)n(C(=N)N3CCCC[C@@H]3C)c2)c2ccccc21. The molecule has 5 heteroatoms. The van der Waals surface area contributed by atoms with Crippen LogP contribution in [0.3, 0.4) is 0 Å². The van der Waals surface area contributed by atoms with Crippen molar-refractivity contribution in [2.24, 2.45) is 0 Å². The van der Waals surface area contributed by atoms with Crippen LogP contribution in [0.15, 0.2) is 42.6 Å². The first-order chi connectivity index (χ1) is 14.6. The molecule has 30 heavy (non-hydrogen) atoms. The maximum Gasteiger partial charge on any atom is 0.204 e. The quantitative estimate of drug-likeness (QED) is 0.526. The number of piperidine rings is 1. The fourth-order valence-electron chi connectivity index (χ4n) is 5.05. The molecule has 2 aromatic rings. The standard InChI is InChI=1S/C25H34N4O/c1-3-8-19-12-14-23(22-11-5-4-10-21(19)22)30-20-13-15-24(26)29(17-20)25(27)28-16-7-6-9-18(28)2/h4-5,10-11,13,15,17-19,23,26-27H,3,6-9,12,14,16H2,1-2H3/t18-,19-,23+/m0/s1. The third kappa shape index (κ3) is 4.16. The third-order valence-electron chi connectivity index (χ3n) is 6.70. The van der Waals surface area contributed by atoms with Crippen molar-refractivity contribution in [1.82, 2.24) is 9.47 Å². The van der Waals surface area contributed by atoms with Gasteiger partial charge in [-0.05, 0) is 74.6 Å².